The highest BCUT2D eigenvalue weighted by Gasteiger charge is 2.24. The minimum atomic E-state index is -1.04. The van der Waals surface area contributed by atoms with Crippen molar-refractivity contribution < 1.29 is 23.8 Å². The van der Waals surface area contributed by atoms with Crippen LogP contribution in [0.5, 0.6) is 5.75 Å². The Morgan fingerprint density at radius 1 is 0.972 bits per heavy atom. The van der Waals surface area contributed by atoms with E-state index in [-0.39, 0.29) is 24.4 Å². The Bertz CT molecular complexity index is 1330. The number of aromatic hydroxyl groups is 1. The van der Waals surface area contributed by atoms with Crippen LogP contribution in [-0.2, 0) is 19.4 Å². The number of benzene rings is 3. The van der Waals surface area contributed by atoms with Crippen molar-refractivity contribution in [3.63, 3.8) is 0 Å². The van der Waals surface area contributed by atoms with Gasteiger partial charge in [0.1, 0.15) is 23.1 Å². The van der Waals surface area contributed by atoms with E-state index >= 15 is 0 Å². The van der Waals surface area contributed by atoms with Crippen molar-refractivity contribution in [1.29, 1.82) is 0 Å². The molecule has 0 bridgehead atoms. The van der Waals surface area contributed by atoms with E-state index in [0.717, 1.165) is 18.1 Å². The third-order valence-electron chi connectivity index (χ3n) is 6.09. The molecule has 0 spiro atoms. The molecule has 4 aromatic rings. The van der Waals surface area contributed by atoms with E-state index in [4.69, 9.17) is 0 Å². The molecule has 6 nitrogen and oxygen atoms in total. The van der Waals surface area contributed by atoms with Gasteiger partial charge in [0.15, 0.2) is 0 Å². The van der Waals surface area contributed by atoms with Gasteiger partial charge in [0.05, 0.1) is 12.1 Å². The number of aliphatic hydroxyl groups is 1. The summed E-state index contributed by atoms with van der Waals surface area (Å²) in [6.45, 7) is 2.75. The van der Waals surface area contributed by atoms with Gasteiger partial charge < -0.3 is 25.8 Å². The average Bonchev–Trinajstić information content (AvgIpc) is 3.26. The molecular formula is C28H29F2N3O3. The lowest BCUT2D eigenvalue weighted by atomic mass is 10.00. The predicted molar refractivity (Wildman–Crippen MR) is 135 cm³/mol. The Morgan fingerprint density at radius 2 is 1.72 bits per heavy atom. The minimum Gasteiger partial charge on any atom is -0.508 e. The fraction of sp³-hybridized carbons (Fsp3) is 0.250. The number of nitrogens with one attached hydrogen (secondary N) is 3. The fourth-order valence-electron chi connectivity index (χ4n) is 4.22. The highest BCUT2D eigenvalue weighted by atomic mass is 19.1. The zero-order chi connectivity index (χ0) is 25.7. The number of aryl methyl sites for hydroxylation is 1. The SMILES string of the molecule is CCc1cccc(CNC[C@H](O)[C@H](Cc2cc(F)cc(F)c2)NC(=O)c2cc3cc(O)ccc3[nH]2)c1. The summed E-state index contributed by atoms with van der Waals surface area (Å²) in [4.78, 5) is 16.0. The highest BCUT2D eigenvalue weighted by Crippen LogP contribution is 2.21. The molecule has 4 rings (SSSR count). The number of hydrogen-bond acceptors (Lipinski definition) is 4. The van der Waals surface area contributed by atoms with E-state index in [1.165, 1.54) is 29.8 Å². The number of hydrogen-bond donors (Lipinski definition) is 5. The molecule has 0 unspecified atom stereocenters. The van der Waals surface area contributed by atoms with Crippen LogP contribution in [0.25, 0.3) is 10.9 Å². The molecule has 0 fully saturated rings. The number of aromatic nitrogens is 1. The number of aromatic amines is 1. The van der Waals surface area contributed by atoms with Crippen molar-refractivity contribution in [1.82, 2.24) is 15.6 Å². The molecule has 1 aromatic heterocycles. The van der Waals surface area contributed by atoms with Gasteiger partial charge in [0.25, 0.3) is 5.91 Å². The number of phenolic OH excluding ortho intramolecular Hbond substituents is 1. The van der Waals surface area contributed by atoms with Gasteiger partial charge in [-0.3, -0.25) is 4.79 Å². The molecule has 0 saturated carbocycles. The number of halogens is 2. The first kappa shape index (κ1) is 25.3. The zero-order valence-corrected chi connectivity index (χ0v) is 19.9. The van der Waals surface area contributed by atoms with E-state index in [1.807, 2.05) is 18.2 Å². The summed E-state index contributed by atoms with van der Waals surface area (Å²) >= 11 is 0. The maximum atomic E-state index is 13.8. The fourth-order valence-corrected chi connectivity index (χ4v) is 4.22. The number of aliphatic hydroxyl groups excluding tert-OH is 1. The molecule has 0 radical (unpaired) electrons. The molecule has 5 N–H and O–H groups in total. The summed E-state index contributed by atoms with van der Waals surface area (Å²) < 4.78 is 27.6. The van der Waals surface area contributed by atoms with Crippen LogP contribution in [0.3, 0.4) is 0 Å². The second-order valence-corrected chi connectivity index (χ2v) is 8.89. The zero-order valence-electron chi connectivity index (χ0n) is 19.9. The number of H-pyrrole nitrogens is 1. The lowest BCUT2D eigenvalue weighted by Gasteiger charge is -2.25. The average molecular weight is 494 g/mol. The van der Waals surface area contributed by atoms with Crippen LogP contribution in [0, 0.1) is 11.6 Å². The Morgan fingerprint density at radius 3 is 2.47 bits per heavy atom. The Balaban J connectivity index is 1.48. The lowest BCUT2D eigenvalue weighted by Crippen LogP contribution is -2.48. The van der Waals surface area contributed by atoms with Crippen LogP contribution in [-0.4, -0.2) is 39.8 Å². The van der Waals surface area contributed by atoms with Gasteiger partial charge in [0, 0.05) is 30.1 Å². The van der Waals surface area contributed by atoms with Gasteiger partial charge in [0.2, 0.25) is 0 Å². The van der Waals surface area contributed by atoms with E-state index in [2.05, 4.69) is 28.6 Å². The second-order valence-electron chi connectivity index (χ2n) is 8.89. The first-order chi connectivity index (χ1) is 17.3. The number of amides is 1. The third-order valence-corrected chi connectivity index (χ3v) is 6.09. The topological polar surface area (TPSA) is 97.4 Å². The molecule has 1 heterocycles. The van der Waals surface area contributed by atoms with Gasteiger partial charge >= 0.3 is 0 Å². The normalized spacial score (nSPS) is 13.0. The van der Waals surface area contributed by atoms with E-state index in [0.29, 0.717) is 23.0 Å². The maximum absolute atomic E-state index is 13.8. The molecule has 0 aliphatic carbocycles. The summed E-state index contributed by atoms with van der Waals surface area (Å²) in [5.41, 5.74) is 3.49. The van der Waals surface area contributed by atoms with Crippen molar-refractivity contribution in [2.24, 2.45) is 0 Å². The molecule has 1 amide bonds. The van der Waals surface area contributed by atoms with Crippen molar-refractivity contribution in [3.8, 4) is 5.75 Å². The van der Waals surface area contributed by atoms with Crippen LogP contribution in [0.1, 0.15) is 34.1 Å². The van der Waals surface area contributed by atoms with E-state index in [1.54, 1.807) is 12.1 Å². The minimum absolute atomic E-state index is 0.0234. The van der Waals surface area contributed by atoms with Crippen LogP contribution in [0.4, 0.5) is 8.78 Å². The Hall–Kier alpha value is -3.75. The van der Waals surface area contributed by atoms with Gasteiger partial charge in [-0.25, -0.2) is 8.78 Å². The van der Waals surface area contributed by atoms with E-state index < -0.39 is 29.7 Å². The van der Waals surface area contributed by atoms with Crippen molar-refractivity contribution in [2.75, 3.05) is 6.54 Å². The summed E-state index contributed by atoms with van der Waals surface area (Å²) in [6, 6.07) is 16.7. The molecule has 188 valence electrons. The number of rotatable bonds is 10. The van der Waals surface area contributed by atoms with Crippen LogP contribution in [0.15, 0.2) is 66.7 Å². The number of carbonyl (C=O) groups excluding carboxylic acids is 1. The lowest BCUT2D eigenvalue weighted by molar-refractivity contribution is 0.0826. The number of carbonyl (C=O) groups is 1. The molecule has 36 heavy (non-hydrogen) atoms. The van der Waals surface area contributed by atoms with Crippen LogP contribution in [0.2, 0.25) is 0 Å². The van der Waals surface area contributed by atoms with Crippen molar-refractivity contribution in [2.45, 2.75) is 38.5 Å². The van der Waals surface area contributed by atoms with Crippen molar-refractivity contribution >= 4 is 16.8 Å². The molecule has 0 aliphatic heterocycles. The Labute approximate surface area is 208 Å². The molecule has 2 atom stereocenters. The predicted octanol–water partition coefficient (Wildman–Crippen LogP) is 4.21. The quantitative estimate of drug-likeness (QED) is 0.229. The largest absolute Gasteiger partial charge is 0.508 e. The third kappa shape index (κ3) is 6.47. The summed E-state index contributed by atoms with van der Waals surface area (Å²) in [5.74, 6) is -1.87. The van der Waals surface area contributed by atoms with Crippen LogP contribution >= 0.6 is 0 Å². The van der Waals surface area contributed by atoms with Gasteiger partial charge in [-0.05, 0) is 65.9 Å². The summed E-state index contributed by atoms with van der Waals surface area (Å²) in [5, 5.41) is 27.3. The number of fused-ring (bicyclic) bond motifs is 1. The van der Waals surface area contributed by atoms with Gasteiger partial charge in [-0.2, -0.15) is 0 Å². The summed E-state index contributed by atoms with van der Waals surface area (Å²) in [6.07, 6.45) is -0.0966. The highest BCUT2D eigenvalue weighted by molar-refractivity contribution is 5.98. The smallest absolute Gasteiger partial charge is 0.268 e. The molecule has 0 saturated heterocycles. The molecule has 8 heteroatoms. The first-order valence-corrected chi connectivity index (χ1v) is 11.8. The molecule has 3 aromatic carbocycles. The standard InChI is InChI=1S/C28H29F2N3O3/c1-2-17-4-3-5-18(8-17)15-31-16-27(35)25(11-19-9-21(29)14-22(30)10-19)33-28(36)26-13-20-12-23(34)6-7-24(20)32-26/h3-10,12-14,25,27,31-32,34-35H,2,11,15-16H2,1H3,(H,33,36)/t25-,27-/m0/s1. The summed E-state index contributed by atoms with van der Waals surface area (Å²) in [7, 11) is 0. The van der Waals surface area contributed by atoms with Gasteiger partial charge in [-0.15, -0.1) is 0 Å². The molecular weight excluding hydrogens is 464 g/mol. The monoisotopic (exact) mass is 493 g/mol. The maximum Gasteiger partial charge on any atom is 0.268 e. The molecule has 0 aliphatic rings. The number of phenols is 1. The second kappa shape index (κ2) is 11.3. The van der Waals surface area contributed by atoms with Crippen molar-refractivity contribution in [3.05, 3.63) is 101 Å². The Kier molecular flexibility index (Phi) is 7.97. The van der Waals surface area contributed by atoms with Gasteiger partial charge in [-0.1, -0.05) is 31.2 Å². The van der Waals surface area contributed by atoms with E-state index in [9.17, 15) is 23.8 Å². The van der Waals surface area contributed by atoms with Crippen LogP contribution < -0.4 is 10.6 Å². The first-order valence-electron chi connectivity index (χ1n) is 11.8.